The molecule has 1 aromatic carbocycles. The Morgan fingerprint density at radius 2 is 2.00 bits per heavy atom. The van der Waals surface area contributed by atoms with E-state index in [2.05, 4.69) is 20.6 Å². The van der Waals surface area contributed by atoms with Crippen LogP contribution >= 0.6 is 11.3 Å². The minimum Gasteiger partial charge on any atom is -0.491 e. The van der Waals surface area contributed by atoms with Crippen molar-refractivity contribution < 1.29 is 23.0 Å². The van der Waals surface area contributed by atoms with Crippen LogP contribution in [0.15, 0.2) is 35.5 Å². The maximum absolute atomic E-state index is 12.5. The van der Waals surface area contributed by atoms with Crippen LogP contribution in [0.2, 0.25) is 0 Å². The van der Waals surface area contributed by atoms with Crippen molar-refractivity contribution in [3.05, 3.63) is 45.9 Å². The molecule has 0 radical (unpaired) electrons. The second-order valence-electron chi connectivity index (χ2n) is 6.25. The van der Waals surface area contributed by atoms with Crippen LogP contribution in [0, 0.1) is 6.92 Å². The summed E-state index contributed by atoms with van der Waals surface area (Å²) < 4.78 is 43.0. The number of nitrogens with zero attached hydrogens (tertiary/aromatic N) is 2. The molecule has 0 saturated carbocycles. The lowest BCUT2D eigenvalue weighted by Gasteiger charge is -2.14. The summed E-state index contributed by atoms with van der Waals surface area (Å²) in [5, 5.41) is 17.3. The number of guanidine groups is 1. The van der Waals surface area contributed by atoms with Gasteiger partial charge in [0.15, 0.2) is 5.96 Å². The molecule has 0 aliphatic rings. The molecule has 0 bridgehead atoms. The molecule has 0 fully saturated rings. The standard InChI is InChI=1S/C19H25F3N4O2S/c1-3-23-18(24-9-8-17-25-10-13(2)29-17)26-11-15(27)12-28-16-6-4-14(5-7-16)19(20,21)22/h4-7,10,15,27H,3,8-9,11-12H2,1-2H3,(H2,23,24,26). The van der Waals surface area contributed by atoms with Crippen molar-refractivity contribution >= 4 is 17.3 Å². The number of thiazole rings is 1. The normalized spacial score (nSPS) is 13.2. The molecular formula is C19H25F3N4O2S. The zero-order valence-corrected chi connectivity index (χ0v) is 17.1. The van der Waals surface area contributed by atoms with E-state index in [1.807, 2.05) is 20.0 Å². The molecule has 3 N–H and O–H groups in total. The molecule has 1 atom stereocenters. The number of halogens is 3. The molecule has 1 unspecified atom stereocenters. The van der Waals surface area contributed by atoms with Gasteiger partial charge in [-0.05, 0) is 38.1 Å². The van der Waals surface area contributed by atoms with Crippen LogP contribution < -0.4 is 15.4 Å². The predicted molar refractivity (Wildman–Crippen MR) is 107 cm³/mol. The maximum atomic E-state index is 12.5. The van der Waals surface area contributed by atoms with E-state index in [4.69, 9.17) is 4.74 Å². The van der Waals surface area contributed by atoms with E-state index in [9.17, 15) is 18.3 Å². The Bertz CT molecular complexity index is 779. The molecule has 160 valence electrons. The van der Waals surface area contributed by atoms with E-state index in [1.54, 1.807) is 11.3 Å². The van der Waals surface area contributed by atoms with E-state index in [1.165, 1.54) is 12.1 Å². The van der Waals surface area contributed by atoms with Gasteiger partial charge in [-0.2, -0.15) is 13.2 Å². The van der Waals surface area contributed by atoms with E-state index in [0.717, 1.165) is 28.4 Å². The van der Waals surface area contributed by atoms with Crippen LogP contribution in [-0.4, -0.2) is 48.4 Å². The fourth-order valence-corrected chi connectivity index (χ4v) is 3.12. The lowest BCUT2D eigenvalue weighted by atomic mass is 10.2. The second kappa shape index (κ2) is 11.0. The van der Waals surface area contributed by atoms with Crippen LogP contribution in [0.5, 0.6) is 5.75 Å². The van der Waals surface area contributed by atoms with Gasteiger partial charge in [-0.15, -0.1) is 11.3 Å². The van der Waals surface area contributed by atoms with Crippen molar-refractivity contribution in [3.8, 4) is 5.75 Å². The maximum Gasteiger partial charge on any atom is 0.416 e. The predicted octanol–water partition coefficient (Wildman–Crippen LogP) is 3.01. The SMILES string of the molecule is CCNC(=NCC(O)COc1ccc(C(F)(F)F)cc1)NCCc1ncc(C)s1. The molecule has 1 heterocycles. The first kappa shape index (κ1) is 23.0. The van der Waals surface area contributed by atoms with E-state index in [0.29, 0.717) is 19.0 Å². The van der Waals surface area contributed by atoms with Gasteiger partial charge >= 0.3 is 6.18 Å². The van der Waals surface area contributed by atoms with E-state index >= 15 is 0 Å². The number of aliphatic hydroxyl groups is 1. The van der Waals surface area contributed by atoms with Gasteiger partial charge in [-0.25, -0.2) is 4.98 Å². The number of benzene rings is 1. The molecule has 0 amide bonds. The number of nitrogens with one attached hydrogen (secondary N) is 2. The Balaban J connectivity index is 1.77. The third kappa shape index (κ3) is 8.28. The van der Waals surface area contributed by atoms with Gasteiger partial charge in [-0.3, -0.25) is 4.99 Å². The van der Waals surface area contributed by atoms with Gasteiger partial charge in [-0.1, -0.05) is 0 Å². The number of hydrogen-bond donors (Lipinski definition) is 3. The first-order chi connectivity index (χ1) is 13.8. The summed E-state index contributed by atoms with van der Waals surface area (Å²) in [6.07, 6.45) is -2.68. The summed E-state index contributed by atoms with van der Waals surface area (Å²) in [7, 11) is 0. The minimum atomic E-state index is -4.39. The number of aliphatic imine (C=N–C) groups is 1. The van der Waals surface area contributed by atoms with Crippen molar-refractivity contribution in [1.29, 1.82) is 0 Å². The largest absolute Gasteiger partial charge is 0.491 e. The third-order valence-electron chi connectivity index (χ3n) is 3.73. The Kier molecular flexibility index (Phi) is 8.71. The Morgan fingerprint density at radius 1 is 1.28 bits per heavy atom. The average molecular weight is 430 g/mol. The van der Waals surface area contributed by atoms with Gasteiger partial charge in [0.2, 0.25) is 0 Å². The number of ether oxygens (including phenoxy) is 1. The molecule has 1 aromatic heterocycles. The van der Waals surface area contributed by atoms with Crippen molar-refractivity contribution in [3.63, 3.8) is 0 Å². The van der Waals surface area contributed by atoms with Crippen molar-refractivity contribution in [2.45, 2.75) is 32.5 Å². The van der Waals surface area contributed by atoms with E-state index < -0.39 is 17.8 Å². The first-order valence-corrected chi connectivity index (χ1v) is 10.0. The van der Waals surface area contributed by atoms with Gasteiger partial charge in [0, 0.05) is 30.6 Å². The number of aryl methyl sites for hydroxylation is 1. The molecule has 6 nitrogen and oxygen atoms in total. The highest BCUT2D eigenvalue weighted by Crippen LogP contribution is 2.30. The highest BCUT2D eigenvalue weighted by atomic mass is 32.1. The van der Waals surface area contributed by atoms with Gasteiger partial charge in [0.05, 0.1) is 17.1 Å². The third-order valence-corrected chi connectivity index (χ3v) is 4.70. The minimum absolute atomic E-state index is 0.0767. The summed E-state index contributed by atoms with van der Waals surface area (Å²) in [6.45, 7) is 5.27. The van der Waals surface area contributed by atoms with Crippen LogP contribution in [0.4, 0.5) is 13.2 Å². The Hall–Kier alpha value is -2.33. The smallest absolute Gasteiger partial charge is 0.416 e. The van der Waals surface area contributed by atoms with Crippen molar-refractivity contribution in [2.75, 3.05) is 26.2 Å². The van der Waals surface area contributed by atoms with Crippen LogP contribution in [0.1, 0.15) is 22.4 Å². The Morgan fingerprint density at radius 3 is 2.59 bits per heavy atom. The fraction of sp³-hybridized carbons (Fsp3) is 0.474. The quantitative estimate of drug-likeness (QED) is 0.421. The number of hydrogen-bond acceptors (Lipinski definition) is 5. The zero-order valence-electron chi connectivity index (χ0n) is 16.3. The summed E-state index contributed by atoms with van der Waals surface area (Å²) in [4.78, 5) is 9.77. The molecular weight excluding hydrogens is 405 g/mol. The highest BCUT2D eigenvalue weighted by Gasteiger charge is 2.30. The molecule has 29 heavy (non-hydrogen) atoms. The lowest BCUT2D eigenvalue weighted by molar-refractivity contribution is -0.137. The molecule has 2 aromatic rings. The van der Waals surface area contributed by atoms with Crippen LogP contribution in [0.3, 0.4) is 0 Å². The summed E-state index contributed by atoms with van der Waals surface area (Å²) >= 11 is 1.65. The number of aliphatic hydroxyl groups excluding tert-OH is 1. The zero-order chi connectivity index (χ0) is 21.3. The summed E-state index contributed by atoms with van der Waals surface area (Å²) in [6, 6.07) is 4.34. The molecule has 0 spiro atoms. The monoisotopic (exact) mass is 430 g/mol. The van der Waals surface area contributed by atoms with Gasteiger partial charge < -0.3 is 20.5 Å². The molecule has 2 rings (SSSR count). The Labute approximate surface area is 171 Å². The topological polar surface area (TPSA) is 78.8 Å². The van der Waals surface area contributed by atoms with Crippen LogP contribution in [0.25, 0.3) is 0 Å². The number of alkyl halides is 3. The van der Waals surface area contributed by atoms with Crippen molar-refractivity contribution in [1.82, 2.24) is 15.6 Å². The fourth-order valence-electron chi connectivity index (χ4n) is 2.33. The van der Waals surface area contributed by atoms with Crippen LogP contribution in [-0.2, 0) is 12.6 Å². The van der Waals surface area contributed by atoms with Gasteiger partial charge in [0.25, 0.3) is 0 Å². The lowest BCUT2D eigenvalue weighted by Crippen LogP contribution is -2.39. The molecule has 0 aliphatic heterocycles. The molecule has 10 heteroatoms. The molecule has 0 aliphatic carbocycles. The highest BCUT2D eigenvalue weighted by molar-refractivity contribution is 7.11. The van der Waals surface area contributed by atoms with Crippen molar-refractivity contribution in [2.24, 2.45) is 4.99 Å². The summed E-state index contributed by atoms with van der Waals surface area (Å²) in [5.74, 6) is 0.819. The number of aromatic nitrogens is 1. The average Bonchev–Trinajstić information content (AvgIpc) is 3.09. The van der Waals surface area contributed by atoms with E-state index in [-0.39, 0.29) is 18.9 Å². The number of rotatable bonds is 9. The van der Waals surface area contributed by atoms with Gasteiger partial charge in [0.1, 0.15) is 18.5 Å². The first-order valence-electron chi connectivity index (χ1n) is 9.19. The molecule has 0 saturated heterocycles. The summed E-state index contributed by atoms with van der Waals surface area (Å²) in [5.41, 5.74) is -0.746. The second-order valence-corrected chi connectivity index (χ2v) is 7.57.